The fourth-order valence-electron chi connectivity index (χ4n) is 1.94. The smallest absolute Gasteiger partial charge is 0.211 e. The maximum Gasteiger partial charge on any atom is 0.211 e. The highest BCUT2D eigenvalue weighted by atomic mass is 32.2. The molecule has 0 aliphatic rings. The Hall–Kier alpha value is -1.79. The van der Waals surface area contributed by atoms with E-state index in [2.05, 4.69) is 14.7 Å². The minimum atomic E-state index is -3.23. The van der Waals surface area contributed by atoms with Gasteiger partial charge in [-0.1, -0.05) is 19.4 Å². The summed E-state index contributed by atoms with van der Waals surface area (Å²) >= 11 is 0. The molecule has 2 heterocycles. The zero-order valence-electron chi connectivity index (χ0n) is 12.0. The molecule has 112 valence electrons. The van der Waals surface area contributed by atoms with Crippen LogP contribution in [0.15, 0.2) is 42.9 Å². The average molecular weight is 305 g/mol. The van der Waals surface area contributed by atoms with Crippen LogP contribution < -0.4 is 4.72 Å². The van der Waals surface area contributed by atoms with Gasteiger partial charge in [0.15, 0.2) is 0 Å². The maximum atomic E-state index is 11.9. The number of hydrogen-bond acceptors (Lipinski definition) is 4. The quantitative estimate of drug-likeness (QED) is 0.852. The van der Waals surface area contributed by atoms with Crippen LogP contribution in [-0.2, 0) is 16.6 Å². The molecule has 21 heavy (non-hydrogen) atoms. The van der Waals surface area contributed by atoms with E-state index in [0.29, 0.717) is 6.42 Å². The summed E-state index contributed by atoms with van der Waals surface area (Å²) in [5.74, 6) is 0.159. The van der Waals surface area contributed by atoms with Crippen LogP contribution in [0.5, 0.6) is 0 Å². The minimum absolute atomic E-state index is 0.159. The number of sulfonamides is 1. The van der Waals surface area contributed by atoms with Crippen LogP contribution in [0.4, 0.5) is 0 Å². The van der Waals surface area contributed by atoms with Crippen molar-refractivity contribution < 1.29 is 8.42 Å². The number of unbranched alkanes of at least 4 members (excludes halogenated alkanes) is 1. The van der Waals surface area contributed by atoms with Gasteiger partial charge in [0.05, 0.1) is 11.4 Å². The molecule has 0 fully saturated rings. The second kappa shape index (κ2) is 7.28. The summed E-state index contributed by atoms with van der Waals surface area (Å²) in [6.07, 6.45) is 6.63. The van der Waals surface area contributed by atoms with Crippen molar-refractivity contribution in [1.29, 1.82) is 0 Å². The van der Waals surface area contributed by atoms with Crippen LogP contribution in [0.3, 0.4) is 0 Å². The summed E-state index contributed by atoms with van der Waals surface area (Å²) < 4.78 is 26.4. The largest absolute Gasteiger partial charge is 0.264 e. The monoisotopic (exact) mass is 305 g/mol. The Kier molecular flexibility index (Phi) is 5.41. The van der Waals surface area contributed by atoms with E-state index in [1.807, 2.05) is 25.1 Å². The van der Waals surface area contributed by atoms with Gasteiger partial charge >= 0.3 is 0 Å². The van der Waals surface area contributed by atoms with Crippen LogP contribution in [0.1, 0.15) is 25.3 Å². The summed E-state index contributed by atoms with van der Waals surface area (Å²) in [5, 5.41) is 0. The van der Waals surface area contributed by atoms with E-state index in [4.69, 9.17) is 0 Å². The highest BCUT2D eigenvalue weighted by Crippen LogP contribution is 2.19. The number of pyridine rings is 2. The van der Waals surface area contributed by atoms with E-state index < -0.39 is 10.0 Å². The van der Waals surface area contributed by atoms with E-state index >= 15 is 0 Å². The molecule has 0 unspecified atom stereocenters. The molecule has 0 spiro atoms. The topological polar surface area (TPSA) is 72.0 Å². The highest BCUT2D eigenvalue weighted by Gasteiger charge is 2.12. The molecule has 0 aromatic carbocycles. The van der Waals surface area contributed by atoms with Gasteiger partial charge in [-0.2, -0.15) is 0 Å². The molecule has 2 aromatic rings. The molecule has 0 aliphatic carbocycles. The van der Waals surface area contributed by atoms with E-state index in [-0.39, 0.29) is 12.3 Å². The summed E-state index contributed by atoms with van der Waals surface area (Å²) in [6, 6.07) is 7.41. The van der Waals surface area contributed by atoms with Crippen molar-refractivity contribution in [3.05, 3.63) is 48.4 Å². The van der Waals surface area contributed by atoms with Gasteiger partial charge in [0.25, 0.3) is 0 Å². The highest BCUT2D eigenvalue weighted by molar-refractivity contribution is 7.89. The standard InChI is InChI=1S/C15H19N3O2S/c1-2-3-10-21(19,20)18-12-14-7-5-9-17-15(14)13-6-4-8-16-11-13/h4-9,11,18H,2-3,10,12H2,1H3. The Morgan fingerprint density at radius 2 is 2.00 bits per heavy atom. The Bertz CT molecular complexity index is 672. The first kappa shape index (κ1) is 15.6. The van der Waals surface area contributed by atoms with Gasteiger partial charge in [-0.25, -0.2) is 13.1 Å². The van der Waals surface area contributed by atoms with Crippen molar-refractivity contribution in [3.8, 4) is 11.3 Å². The molecule has 5 nitrogen and oxygen atoms in total. The third kappa shape index (κ3) is 4.61. The van der Waals surface area contributed by atoms with E-state index in [1.54, 1.807) is 24.7 Å². The zero-order valence-corrected chi connectivity index (χ0v) is 12.8. The molecule has 6 heteroatoms. The van der Waals surface area contributed by atoms with Gasteiger partial charge in [-0.15, -0.1) is 0 Å². The first-order valence-corrected chi connectivity index (χ1v) is 8.59. The SMILES string of the molecule is CCCCS(=O)(=O)NCc1cccnc1-c1cccnc1. The third-order valence-electron chi connectivity index (χ3n) is 3.08. The lowest BCUT2D eigenvalue weighted by Crippen LogP contribution is -2.26. The third-order valence-corrected chi connectivity index (χ3v) is 4.49. The first-order valence-electron chi connectivity index (χ1n) is 6.94. The van der Waals surface area contributed by atoms with Crippen molar-refractivity contribution in [1.82, 2.24) is 14.7 Å². The lowest BCUT2D eigenvalue weighted by Gasteiger charge is -2.10. The van der Waals surface area contributed by atoms with Gasteiger partial charge in [0.2, 0.25) is 10.0 Å². The molecule has 2 rings (SSSR count). The maximum absolute atomic E-state index is 11.9. The van der Waals surface area contributed by atoms with Crippen molar-refractivity contribution >= 4 is 10.0 Å². The zero-order chi connectivity index (χ0) is 15.1. The molecule has 0 saturated heterocycles. The summed E-state index contributed by atoms with van der Waals surface area (Å²) in [5.41, 5.74) is 2.47. The van der Waals surface area contributed by atoms with Crippen molar-refractivity contribution in [2.24, 2.45) is 0 Å². The van der Waals surface area contributed by atoms with E-state index in [0.717, 1.165) is 23.2 Å². The van der Waals surface area contributed by atoms with Gasteiger partial charge in [0, 0.05) is 30.7 Å². The Balaban J connectivity index is 2.15. The lowest BCUT2D eigenvalue weighted by molar-refractivity contribution is 0.578. The van der Waals surface area contributed by atoms with E-state index in [9.17, 15) is 8.42 Å². The fourth-order valence-corrected chi connectivity index (χ4v) is 3.13. The molecule has 0 saturated carbocycles. The van der Waals surface area contributed by atoms with Crippen LogP contribution in [-0.4, -0.2) is 24.1 Å². The fraction of sp³-hybridized carbons (Fsp3) is 0.333. The van der Waals surface area contributed by atoms with Crippen LogP contribution in [0.2, 0.25) is 0 Å². The normalized spacial score (nSPS) is 11.5. The Morgan fingerprint density at radius 1 is 1.19 bits per heavy atom. The van der Waals surface area contributed by atoms with Gasteiger partial charge in [-0.3, -0.25) is 9.97 Å². The van der Waals surface area contributed by atoms with Gasteiger partial charge < -0.3 is 0 Å². The van der Waals surface area contributed by atoms with Crippen LogP contribution in [0.25, 0.3) is 11.3 Å². The molecule has 0 radical (unpaired) electrons. The second-order valence-electron chi connectivity index (χ2n) is 4.75. The lowest BCUT2D eigenvalue weighted by atomic mass is 10.1. The van der Waals surface area contributed by atoms with Gasteiger partial charge in [-0.05, 0) is 30.2 Å². The van der Waals surface area contributed by atoms with E-state index in [1.165, 1.54) is 0 Å². The number of nitrogens with one attached hydrogen (secondary N) is 1. The number of nitrogens with zero attached hydrogens (tertiary/aromatic N) is 2. The first-order chi connectivity index (χ1) is 10.1. The van der Waals surface area contributed by atoms with Crippen molar-refractivity contribution in [3.63, 3.8) is 0 Å². The number of rotatable bonds is 7. The predicted octanol–water partition coefficient (Wildman–Crippen LogP) is 2.36. The molecule has 1 N–H and O–H groups in total. The number of aromatic nitrogens is 2. The molecule has 0 bridgehead atoms. The molecule has 0 amide bonds. The molecule has 2 aromatic heterocycles. The summed E-state index contributed by atoms with van der Waals surface area (Å²) in [7, 11) is -3.23. The van der Waals surface area contributed by atoms with Crippen molar-refractivity contribution in [2.45, 2.75) is 26.3 Å². The molecular formula is C15H19N3O2S. The molecule has 0 aliphatic heterocycles. The Labute approximate surface area is 125 Å². The van der Waals surface area contributed by atoms with Crippen molar-refractivity contribution in [2.75, 3.05) is 5.75 Å². The van der Waals surface area contributed by atoms with Crippen LogP contribution in [0, 0.1) is 0 Å². The minimum Gasteiger partial charge on any atom is -0.264 e. The predicted molar refractivity (Wildman–Crippen MR) is 83.0 cm³/mol. The Morgan fingerprint density at radius 3 is 2.71 bits per heavy atom. The molecule has 0 atom stereocenters. The summed E-state index contributed by atoms with van der Waals surface area (Å²) in [4.78, 5) is 8.41. The number of hydrogen-bond donors (Lipinski definition) is 1. The average Bonchev–Trinajstić information content (AvgIpc) is 2.52. The van der Waals surface area contributed by atoms with Gasteiger partial charge in [0.1, 0.15) is 0 Å². The molecular weight excluding hydrogens is 286 g/mol. The summed E-state index contributed by atoms with van der Waals surface area (Å²) in [6.45, 7) is 2.21. The van der Waals surface area contributed by atoms with Crippen LogP contribution >= 0.6 is 0 Å². The second-order valence-corrected chi connectivity index (χ2v) is 6.67.